The lowest BCUT2D eigenvalue weighted by Gasteiger charge is -2.07. The van der Waals surface area contributed by atoms with Gasteiger partial charge in [0.2, 0.25) is 0 Å². The third kappa shape index (κ3) is 2.31. The van der Waals surface area contributed by atoms with Crippen LogP contribution >= 0.6 is 0 Å². The molecule has 3 aromatic rings. The Kier molecular flexibility index (Phi) is 3.04. The fraction of sp³-hybridized carbons (Fsp3) is 0.133. The van der Waals surface area contributed by atoms with Crippen molar-refractivity contribution in [3.63, 3.8) is 0 Å². The maximum absolute atomic E-state index is 10.8. The van der Waals surface area contributed by atoms with E-state index >= 15 is 0 Å². The third-order valence-electron chi connectivity index (χ3n) is 3.18. The zero-order chi connectivity index (χ0) is 14.1. The minimum Gasteiger partial charge on any atom is -0.480 e. The van der Waals surface area contributed by atoms with E-state index in [9.17, 15) is 4.79 Å². The first-order chi connectivity index (χ1) is 9.63. The maximum atomic E-state index is 10.8. The van der Waals surface area contributed by atoms with Crippen LogP contribution in [0.5, 0.6) is 0 Å². The molecule has 5 nitrogen and oxygen atoms in total. The van der Waals surface area contributed by atoms with Crippen LogP contribution in [0.4, 0.5) is 0 Å². The Morgan fingerprint density at radius 2 is 1.65 bits per heavy atom. The van der Waals surface area contributed by atoms with Crippen LogP contribution in [0.1, 0.15) is 5.56 Å². The number of hydrogen-bond acceptors (Lipinski definition) is 4. The van der Waals surface area contributed by atoms with Crippen molar-refractivity contribution >= 4 is 28.0 Å². The van der Waals surface area contributed by atoms with Gasteiger partial charge in [-0.05, 0) is 36.2 Å². The average Bonchev–Trinajstić information content (AvgIpc) is 2.45. The minimum absolute atomic E-state index is 0.278. The Morgan fingerprint density at radius 3 is 2.30 bits per heavy atom. The molecule has 1 unspecified atom stereocenters. The number of nitrogens with zero attached hydrogens (tertiary/aromatic N) is 2. The number of nitrogens with two attached hydrogens (primary N) is 1. The number of aromatic nitrogens is 2. The van der Waals surface area contributed by atoms with E-state index in [1.165, 1.54) is 0 Å². The summed E-state index contributed by atoms with van der Waals surface area (Å²) >= 11 is 0. The largest absolute Gasteiger partial charge is 0.480 e. The molecule has 100 valence electrons. The molecule has 3 N–H and O–H groups in total. The molecular weight excluding hydrogens is 254 g/mol. The molecule has 1 heterocycles. The van der Waals surface area contributed by atoms with Crippen molar-refractivity contribution in [3.8, 4) is 0 Å². The summed E-state index contributed by atoms with van der Waals surface area (Å²) in [7, 11) is 0. The van der Waals surface area contributed by atoms with Gasteiger partial charge in [0.05, 0.1) is 22.1 Å². The Morgan fingerprint density at radius 1 is 1.05 bits per heavy atom. The Bertz CT molecular complexity index is 801. The van der Waals surface area contributed by atoms with Gasteiger partial charge in [0.25, 0.3) is 0 Å². The number of benzene rings is 2. The summed E-state index contributed by atoms with van der Waals surface area (Å²) in [6.07, 6.45) is 0.278. The normalized spacial score (nSPS) is 12.7. The van der Waals surface area contributed by atoms with Crippen LogP contribution in [0.3, 0.4) is 0 Å². The number of para-hydroxylation sites is 2. The smallest absolute Gasteiger partial charge is 0.320 e. The average molecular weight is 267 g/mol. The molecule has 0 amide bonds. The van der Waals surface area contributed by atoms with Crippen LogP contribution in [0.25, 0.3) is 22.1 Å². The minimum atomic E-state index is -1.00. The van der Waals surface area contributed by atoms with E-state index in [1.54, 1.807) is 0 Å². The van der Waals surface area contributed by atoms with Gasteiger partial charge in [0, 0.05) is 0 Å². The van der Waals surface area contributed by atoms with Crippen LogP contribution < -0.4 is 5.73 Å². The first-order valence-electron chi connectivity index (χ1n) is 6.27. The molecule has 5 heteroatoms. The number of fused-ring (bicyclic) bond motifs is 2. The predicted molar refractivity (Wildman–Crippen MR) is 76.4 cm³/mol. The monoisotopic (exact) mass is 267 g/mol. The molecule has 2 aromatic carbocycles. The zero-order valence-electron chi connectivity index (χ0n) is 10.7. The van der Waals surface area contributed by atoms with Crippen molar-refractivity contribution in [2.24, 2.45) is 5.73 Å². The van der Waals surface area contributed by atoms with Crippen LogP contribution in [0.15, 0.2) is 42.5 Å². The van der Waals surface area contributed by atoms with Crippen LogP contribution in [-0.4, -0.2) is 27.1 Å². The second-order valence-electron chi connectivity index (χ2n) is 4.68. The molecule has 0 spiro atoms. The summed E-state index contributed by atoms with van der Waals surface area (Å²) in [6, 6.07) is 12.3. The third-order valence-corrected chi connectivity index (χ3v) is 3.18. The molecule has 1 aromatic heterocycles. The highest BCUT2D eigenvalue weighted by atomic mass is 16.4. The van der Waals surface area contributed by atoms with Gasteiger partial charge in [-0.25, -0.2) is 9.97 Å². The Balaban J connectivity index is 2.06. The van der Waals surface area contributed by atoms with Gasteiger partial charge < -0.3 is 10.8 Å². The van der Waals surface area contributed by atoms with Gasteiger partial charge in [-0.15, -0.1) is 0 Å². The Labute approximate surface area is 115 Å². The fourth-order valence-corrected chi connectivity index (χ4v) is 2.13. The molecule has 0 bridgehead atoms. The highest BCUT2D eigenvalue weighted by Crippen LogP contribution is 2.17. The van der Waals surface area contributed by atoms with E-state index in [2.05, 4.69) is 9.97 Å². The summed E-state index contributed by atoms with van der Waals surface area (Å²) in [5.74, 6) is -1.00. The molecular formula is C15H13N3O2. The van der Waals surface area contributed by atoms with Gasteiger partial charge in [0.1, 0.15) is 6.04 Å². The van der Waals surface area contributed by atoms with E-state index < -0.39 is 12.0 Å². The quantitative estimate of drug-likeness (QED) is 0.705. The first kappa shape index (κ1) is 12.5. The molecule has 0 aliphatic heterocycles. The van der Waals surface area contributed by atoms with Crippen molar-refractivity contribution < 1.29 is 9.90 Å². The molecule has 3 rings (SSSR count). The number of hydrogen-bond donors (Lipinski definition) is 2. The van der Waals surface area contributed by atoms with E-state index in [-0.39, 0.29) is 6.42 Å². The predicted octanol–water partition coefficient (Wildman–Crippen LogP) is 1.74. The summed E-state index contributed by atoms with van der Waals surface area (Å²) in [4.78, 5) is 19.9. The van der Waals surface area contributed by atoms with E-state index in [0.717, 1.165) is 27.6 Å². The summed E-state index contributed by atoms with van der Waals surface area (Å²) in [5.41, 5.74) is 9.59. The van der Waals surface area contributed by atoms with Gasteiger partial charge in [0.15, 0.2) is 0 Å². The van der Waals surface area contributed by atoms with Crippen LogP contribution in [0.2, 0.25) is 0 Å². The highest BCUT2D eigenvalue weighted by Gasteiger charge is 2.12. The number of carboxylic acid groups (broad SMARTS) is 1. The van der Waals surface area contributed by atoms with Crippen molar-refractivity contribution in [1.29, 1.82) is 0 Å². The van der Waals surface area contributed by atoms with Crippen molar-refractivity contribution in [1.82, 2.24) is 9.97 Å². The SMILES string of the molecule is NC(Cc1ccc2nc3ccccc3nc2c1)C(=O)O. The second kappa shape index (κ2) is 4.86. The molecule has 0 fully saturated rings. The lowest BCUT2D eigenvalue weighted by molar-refractivity contribution is -0.138. The van der Waals surface area contributed by atoms with Crippen LogP contribution in [-0.2, 0) is 11.2 Å². The molecule has 0 radical (unpaired) electrons. The van der Waals surface area contributed by atoms with Crippen LogP contribution in [0, 0.1) is 0 Å². The van der Waals surface area contributed by atoms with E-state index in [0.29, 0.717) is 0 Å². The summed E-state index contributed by atoms with van der Waals surface area (Å²) in [5, 5.41) is 8.84. The maximum Gasteiger partial charge on any atom is 0.320 e. The van der Waals surface area contributed by atoms with Crippen molar-refractivity contribution in [2.45, 2.75) is 12.5 Å². The lowest BCUT2D eigenvalue weighted by Crippen LogP contribution is -2.32. The zero-order valence-corrected chi connectivity index (χ0v) is 10.7. The Hall–Kier alpha value is -2.53. The summed E-state index contributed by atoms with van der Waals surface area (Å²) < 4.78 is 0. The second-order valence-corrected chi connectivity index (χ2v) is 4.68. The van der Waals surface area contributed by atoms with E-state index in [4.69, 9.17) is 10.8 Å². The lowest BCUT2D eigenvalue weighted by atomic mass is 10.1. The van der Waals surface area contributed by atoms with Crippen molar-refractivity contribution in [3.05, 3.63) is 48.0 Å². The summed E-state index contributed by atoms with van der Waals surface area (Å²) in [6.45, 7) is 0. The van der Waals surface area contributed by atoms with E-state index in [1.807, 2.05) is 42.5 Å². The number of carboxylic acids is 1. The number of rotatable bonds is 3. The van der Waals surface area contributed by atoms with Gasteiger partial charge >= 0.3 is 5.97 Å². The fourth-order valence-electron chi connectivity index (χ4n) is 2.13. The van der Waals surface area contributed by atoms with Crippen molar-refractivity contribution in [2.75, 3.05) is 0 Å². The molecule has 1 atom stereocenters. The number of carbonyl (C=O) groups is 1. The first-order valence-corrected chi connectivity index (χ1v) is 6.27. The standard InChI is InChI=1S/C15H13N3O2/c16-10(15(19)20)7-9-5-6-13-14(8-9)18-12-4-2-1-3-11(12)17-13/h1-6,8,10H,7,16H2,(H,19,20). The van der Waals surface area contributed by atoms with Gasteiger partial charge in [-0.3, -0.25) is 4.79 Å². The highest BCUT2D eigenvalue weighted by molar-refractivity contribution is 5.86. The van der Waals surface area contributed by atoms with Gasteiger partial charge in [-0.2, -0.15) is 0 Å². The molecule has 20 heavy (non-hydrogen) atoms. The van der Waals surface area contributed by atoms with Gasteiger partial charge in [-0.1, -0.05) is 18.2 Å². The topological polar surface area (TPSA) is 89.1 Å². The molecule has 0 aliphatic rings. The number of aliphatic carboxylic acids is 1. The molecule has 0 saturated carbocycles. The molecule has 0 aliphatic carbocycles. The molecule has 0 saturated heterocycles.